The fraction of sp³-hybridized carbons (Fsp3) is 0.571. The second-order valence-electron chi connectivity index (χ2n) is 5.45. The molecule has 0 radical (unpaired) electrons. The Bertz CT molecular complexity index is 476. The second-order valence-corrected chi connectivity index (χ2v) is 5.45. The maximum absolute atomic E-state index is 13.9. The highest BCUT2D eigenvalue weighted by Gasteiger charge is 2.55. The number of halogens is 1. The lowest BCUT2D eigenvalue weighted by atomic mass is 10.0. The number of hydrogen-bond acceptors (Lipinski definition) is 3. The summed E-state index contributed by atoms with van der Waals surface area (Å²) in [7, 11) is 0. The lowest BCUT2D eigenvalue weighted by Gasteiger charge is -2.27. The highest BCUT2D eigenvalue weighted by molar-refractivity contribution is 5.88. The van der Waals surface area contributed by atoms with Crippen molar-refractivity contribution in [1.82, 2.24) is 9.88 Å². The first kappa shape index (κ1) is 12.5. The van der Waals surface area contributed by atoms with E-state index >= 15 is 0 Å². The van der Waals surface area contributed by atoms with Gasteiger partial charge in [-0.05, 0) is 37.3 Å². The zero-order chi connectivity index (χ0) is 13.5. The van der Waals surface area contributed by atoms with Crippen LogP contribution in [0.15, 0.2) is 24.5 Å². The van der Waals surface area contributed by atoms with E-state index in [0.29, 0.717) is 32.2 Å². The molecule has 1 N–H and O–H groups in total. The number of likely N-dealkylation sites (tertiary alicyclic amines) is 1. The minimum atomic E-state index is -1.66. The standard InChI is InChI=1S/C14H17FN2O2/c15-14(4-5-14)13(19)17-7-3-12(18)11(17)8-10-2-1-6-16-9-10/h1-2,6,9,11-12,18H,3-5,7-8H2/t11-,12-/m0/s1. The topological polar surface area (TPSA) is 53.4 Å². The monoisotopic (exact) mass is 264 g/mol. The van der Waals surface area contributed by atoms with Gasteiger partial charge < -0.3 is 10.0 Å². The van der Waals surface area contributed by atoms with Gasteiger partial charge in [0.05, 0.1) is 12.1 Å². The smallest absolute Gasteiger partial charge is 0.260 e. The van der Waals surface area contributed by atoms with Gasteiger partial charge in [0.25, 0.3) is 5.91 Å². The van der Waals surface area contributed by atoms with Crippen LogP contribution in [0.2, 0.25) is 0 Å². The SMILES string of the molecule is O=C(N1CC[C@H](O)[C@@H]1Cc1cccnc1)C1(F)CC1. The molecule has 1 aliphatic heterocycles. The summed E-state index contributed by atoms with van der Waals surface area (Å²) in [6.07, 6.45) is 4.50. The van der Waals surface area contributed by atoms with Crippen LogP contribution in [-0.2, 0) is 11.2 Å². The van der Waals surface area contributed by atoms with Crippen LogP contribution in [0.3, 0.4) is 0 Å². The maximum atomic E-state index is 13.9. The van der Waals surface area contributed by atoms with Crippen molar-refractivity contribution in [1.29, 1.82) is 0 Å². The predicted octanol–water partition coefficient (Wildman–Crippen LogP) is 1.09. The van der Waals surface area contributed by atoms with Gasteiger partial charge in [0, 0.05) is 18.9 Å². The number of carbonyl (C=O) groups excluding carboxylic acids is 1. The van der Waals surface area contributed by atoms with Crippen molar-refractivity contribution in [3.63, 3.8) is 0 Å². The summed E-state index contributed by atoms with van der Waals surface area (Å²) in [6.45, 7) is 0.441. The number of carbonyl (C=O) groups is 1. The summed E-state index contributed by atoms with van der Waals surface area (Å²) in [5.74, 6) is -0.446. The van der Waals surface area contributed by atoms with Gasteiger partial charge in [0.15, 0.2) is 5.67 Å². The molecule has 5 heteroatoms. The number of nitrogens with zero attached hydrogens (tertiary/aromatic N) is 2. The van der Waals surface area contributed by atoms with Crippen LogP contribution in [0.25, 0.3) is 0 Å². The number of hydrogen-bond donors (Lipinski definition) is 1. The Labute approximate surface area is 111 Å². The van der Waals surface area contributed by atoms with E-state index in [9.17, 15) is 14.3 Å². The van der Waals surface area contributed by atoms with Crippen molar-refractivity contribution >= 4 is 5.91 Å². The minimum Gasteiger partial charge on any atom is -0.391 e. The number of aromatic nitrogens is 1. The molecule has 2 aliphatic rings. The van der Waals surface area contributed by atoms with Crippen molar-refractivity contribution in [3.05, 3.63) is 30.1 Å². The van der Waals surface area contributed by atoms with Gasteiger partial charge in [-0.25, -0.2) is 4.39 Å². The van der Waals surface area contributed by atoms with Crippen LogP contribution in [-0.4, -0.2) is 45.3 Å². The largest absolute Gasteiger partial charge is 0.391 e. The van der Waals surface area contributed by atoms with Crippen molar-refractivity contribution < 1.29 is 14.3 Å². The summed E-state index contributed by atoms with van der Waals surface area (Å²) < 4.78 is 13.9. The van der Waals surface area contributed by atoms with Gasteiger partial charge in [-0.3, -0.25) is 9.78 Å². The van der Waals surface area contributed by atoms with Gasteiger partial charge in [-0.1, -0.05) is 6.07 Å². The molecule has 2 atom stereocenters. The minimum absolute atomic E-state index is 0.318. The van der Waals surface area contributed by atoms with E-state index < -0.39 is 17.7 Å². The maximum Gasteiger partial charge on any atom is 0.260 e. The molecule has 1 aromatic heterocycles. The molecule has 19 heavy (non-hydrogen) atoms. The molecule has 2 fully saturated rings. The molecule has 1 amide bonds. The highest BCUT2D eigenvalue weighted by atomic mass is 19.1. The molecule has 0 bridgehead atoms. The Hall–Kier alpha value is -1.49. The molecule has 1 saturated heterocycles. The third-order valence-electron chi connectivity index (χ3n) is 4.01. The fourth-order valence-corrected chi connectivity index (χ4v) is 2.68. The Kier molecular flexibility index (Phi) is 3.01. The van der Waals surface area contributed by atoms with Crippen LogP contribution in [0.5, 0.6) is 0 Å². The first-order valence-electron chi connectivity index (χ1n) is 6.67. The van der Waals surface area contributed by atoms with Gasteiger partial charge in [0.2, 0.25) is 0 Å². The highest BCUT2D eigenvalue weighted by Crippen LogP contribution is 2.43. The Balaban J connectivity index is 1.75. The van der Waals surface area contributed by atoms with Crippen LogP contribution in [0.1, 0.15) is 24.8 Å². The van der Waals surface area contributed by atoms with Gasteiger partial charge in [-0.15, -0.1) is 0 Å². The first-order valence-corrected chi connectivity index (χ1v) is 6.67. The van der Waals surface area contributed by atoms with E-state index in [0.717, 1.165) is 5.56 Å². The number of rotatable bonds is 3. The van der Waals surface area contributed by atoms with E-state index in [-0.39, 0.29) is 6.04 Å². The summed E-state index contributed by atoms with van der Waals surface area (Å²) in [5.41, 5.74) is -0.702. The molecule has 0 unspecified atom stereocenters. The molecule has 0 aromatic carbocycles. The molecule has 1 aliphatic carbocycles. The zero-order valence-corrected chi connectivity index (χ0v) is 10.6. The molecule has 1 aromatic rings. The third kappa shape index (κ3) is 2.34. The third-order valence-corrected chi connectivity index (χ3v) is 4.01. The van der Waals surface area contributed by atoms with Crippen molar-refractivity contribution in [3.8, 4) is 0 Å². The van der Waals surface area contributed by atoms with Gasteiger partial charge >= 0.3 is 0 Å². The summed E-state index contributed by atoms with van der Waals surface area (Å²) in [6, 6.07) is 3.40. The van der Waals surface area contributed by atoms with Gasteiger partial charge in [-0.2, -0.15) is 0 Å². The zero-order valence-electron chi connectivity index (χ0n) is 10.6. The average Bonchev–Trinajstić information content (AvgIpc) is 3.08. The lowest BCUT2D eigenvalue weighted by molar-refractivity contribution is -0.139. The van der Waals surface area contributed by atoms with Crippen molar-refractivity contribution in [2.45, 2.75) is 43.5 Å². The number of aliphatic hydroxyl groups excluding tert-OH is 1. The summed E-state index contributed by atoms with van der Waals surface area (Å²) >= 11 is 0. The Morgan fingerprint density at radius 2 is 2.37 bits per heavy atom. The second kappa shape index (κ2) is 4.56. The summed E-state index contributed by atoms with van der Waals surface area (Å²) in [4.78, 5) is 17.6. The number of amides is 1. The van der Waals surface area contributed by atoms with Crippen LogP contribution >= 0.6 is 0 Å². The molecule has 3 rings (SSSR count). The number of alkyl halides is 1. The quantitative estimate of drug-likeness (QED) is 0.889. The van der Waals surface area contributed by atoms with E-state index in [4.69, 9.17) is 0 Å². The van der Waals surface area contributed by atoms with E-state index in [1.54, 1.807) is 12.4 Å². The Morgan fingerprint density at radius 3 is 3.00 bits per heavy atom. The van der Waals surface area contributed by atoms with Crippen LogP contribution < -0.4 is 0 Å². The van der Waals surface area contributed by atoms with E-state index in [2.05, 4.69) is 4.98 Å². The molecular weight excluding hydrogens is 247 g/mol. The molecule has 102 valence electrons. The van der Waals surface area contributed by atoms with Crippen molar-refractivity contribution in [2.24, 2.45) is 0 Å². The molecule has 4 nitrogen and oxygen atoms in total. The molecular formula is C14H17FN2O2. The lowest BCUT2D eigenvalue weighted by Crippen LogP contribution is -2.45. The Morgan fingerprint density at radius 1 is 1.58 bits per heavy atom. The average molecular weight is 264 g/mol. The molecule has 2 heterocycles. The number of aliphatic hydroxyl groups is 1. The molecule has 1 saturated carbocycles. The normalized spacial score (nSPS) is 28.4. The number of pyridine rings is 1. The van der Waals surface area contributed by atoms with Crippen LogP contribution in [0.4, 0.5) is 4.39 Å². The van der Waals surface area contributed by atoms with E-state index in [1.165, 1.54) is 4.90 Å². The molecule has 0 spiro atoms. The first-order chi connectivity index (χ1) is 9.10. The summed E-state index contributed by atoms with van der Waals surface area (Å²) in [5, 5.41) is 10.0. The van der Waals surface area contributed by atoms with Crippen LogP contribution in [0, 0.1) is 0 Å². The van der Waals surface area contributed by atoms with E-state index in [1.807, 2.05) is 12.1 Å². The van der Waals surface area contributed by atoms with Gasteiger partial charge in [0.1, 0.15) is 0 Å². The predicted molar refractivity (Wildman–Crippen MR) is 67.1 cm³/mol. The van der Waals surface area contributed by atoms with Crippen molar-refractivity contribution in [2.75, 3.05) is 6.54 Å². The fourth-order valence-electron chi connectivity index (χ4n) is 2.68.